The van der Waals surface area contributed by atoms with E-state index < -0.39 is 16.2 Å². The molecule has 2 heterocycles. The van der Waals surface area contributed by atoms with E-state index in [9.17, 15) is 13.2 Å². The van der Waals surface area contributed by atoms with Gasteiger partial charge in [-0.05, 0) is 30.4 Å². The average molecular weight is 313 g/mol. The first-order valence-corrected chi connectivity index (χ1v) is 8.25. The molecule has 0 bridgehead atoms. The summed E-state index contributed by atoms with van der Waals surface area (Å²) >= 11 is 0. The number of nitrogens with one attached hydrogen (secondary N) is 1. The molecule has 0 spiro atoms. The van der Waals surface area contributed by atoms with Crippen LogP contribution in [0, 0.1) is 5.92 Å². The fourth-order valence-corrected chi connectivity index (χ4v) is 3.37. The van der Waals surface area contributed by atoms with Crippen molar-refractivity contribution in [3.8, 4) is 0 Å². The summed E-state index contributed by atoms with van der Waals surface area (Å²) in [6, 6.07) is 2.91. The van der Waals surface area contributed by atoms with Crippen LogP contribution in [0.15, 0.2) is 18.3 Å². The van der Waals surface area contributed by atoms with Crippen molar-refractivity contribution in [3.05, 3.63) is 29.6 Å². The van der Waals surface area contributed by atoms with E-state index in [-0.39, 0.29) is 12.2 Å². The second kappa shape index (κ2) is 6.50. The quantitative estimate of drug-likeness (QED) is 0.839. The molecule has 1 aliphatic heterocycles. The third-order valence-electron chi connectivity index (χ3n) is 3.59. The van der Waals surface area contributed by atoms with E-state index in [2.05, 4.69) is 16.6 Å². The Morgan fingerprint density at radius 1 is 1.43 bits per heavy atom. The summed E-state index contributed by atoms with van der Waals surface area (Å²) in [4.78, 5) is 14.4. The van der Waals surface area contributed by atoms with Gasteiger partial charge < -0.3 is 5.11 Å². The van der Waals surface area contributed by atoms with Crippen molar-refractivity contribution in [2.45, 2.75) is 26.3 Å². The first kappa shape index (κ1) is 15.9. The Bertz CT molecular complexity index is 592. The molecule has 116 valence electrons. The van der Waals surface area contributed by atoms with Crippen molar-refractivity contribution in [1.29, 1.82) is 0 Å². The Kier molecular flexibility index (Phi) is 4.92. The van der Waals surface area contributed by atoms with Crippen LogP contribution in [0.5, 0.6) is 0 Å². The number of nitrogens with zero attached hydrogens (tertiary/aromatic N) is 2. The highest BCUT2D eigenvalue weighted by molar-refractivity contribution is 7.87. The van der Waals surface area contributed by atoms with Gasteiger partial charge in [0.15, 0.2) is 0 Å². The maximum Gasteiger partial charge on any atom is 0.354 e. The number of piperidine rings is 1. The Balaban J connectivity index is 1.93. The van der Waals surface area contributed by atoms with Crippen molar-refractivity contribution >= 4 is 16.2 Å². The second-order valence-corrected chi connectivity index (χ2v) is 7.02. The molecule has 2 N–H and O–H groups in total. The van der Waals surface area contributed by atoms with Crippen molar-refractivity contribution in [1.82, 2.24) is 14.0 Å². The molecule has 1 aromatic heterocycles. The van der Waals surface area contributed by atoms with Crippen LogP contribution in [0.4, 0.5) is 0 Å². The summed E-state index contributed by atoms with van der Waals surface area (Å²) in [5, 5.41) is 8.75. The predicted octanol–water partition coefficient (Wildman–Crippen LogP) is 0.846. The number of aromatic carboxylic acids is 1. The fourth-order valence-electron chi connectivity index (χ4n) is 2.15. The Morgan fingerprint density at radius 2 is 2.10 bits per heavy atom. The Morgan fingerprint density at radius 3 is 2.62 bits per heavy atom. The lowest BCUT2D eigenvalue weighted by Gasteiger charge is -2.29. The van der Waals surface area contributed by atoms with Crippen LogP contribution in [0.25, 0.3) is 0 Å². The minimum Gasteiger partial charge on any atom is -0.477 e. The molecule has 0 aliphatic carbocycles. The molecule has 0 unspecified atom stereocenters. The van der Waals surface area contributed by atoms with Crippen LogP contribution in [0.1, 0.15) is 35.8 Å². The van der Waals surface area contributed by atoms with Crippen LogP contribution >= 0.6 is 0 Å². The molecule has 0 atom stereocenters. The molecule has 0 amide bonds. The summed E-state index contributed by atoms with van der Waals surface area (Å²) in [6.07, 6.45) is 3.11. The van der Waals surface area contributed by atoms with Crippen molar-refractivity contribution in [3.63, 3.8) is 0 Å². The van der Waals surface area contributed by atoms with Crippen molar-refractivity contribution < 1.29 is 18.3 Å². The smallest absolute Gasteiger partial charge is 0.354 e. The Hall–Kier alpha value is -1.51. The zero-order chi connectivity index (χ0) is 15.5. The standard InChI is InChI=1S/C13H19N3O4S/c1-10-4-6-16(7-5-10)21(19,20)15-9-11-2-3-12(13(17)18)14-8-11/h2-3,8,10,15H,4-7,9H2,1H3,(H,17,18). The molecule has 1 aliphatic rings. The maximum absolute atomic E-state index is 12.1. The van der Waals surface area contributed by atoms with E-state index in [0.717, 1.165) is 12.8 Å². The van der Waals surface area contributed by atoms with E-state index >= 15 is 0 Å². The van der Waals surface area contributed by atoms with Gasteiger partial charge in [-0.25, -0.2) is 9.78 Å². The molecule has 0 aromatic carbocycles. The van der Waals surface area contributed by atoms with E-state index in [1.165, 1.54) is 16.6 Å². The molecule has 7 nitrogen and oxygen atoms in total. The largest absolute Gasteiger partial charge is 0.477 e. The van der Waals surface area contributed by atoms with Crippen LogP contribution in [-0.2, 0) is 16.8 Å². The van der Waals surface area contributed by atoms with Gasteiger partial charge in [0.2, 0.25) is 0 Å². The summed E-state index contributed by atoms with van der Waals surface area (Å²) < 4.78 is 28.3. The lowest BCUT2D eigenvalue weighted by Crippen LogP contribution is -2.44. The molecule has 1 aromatic rings. The topological polar surface area (TPSA) is 99.6 Å². The van der Waals surface area contributed by atoms with Crippen LogP contribution < -0.4 is 4.72 Å². The van der Waals surface area contributed by atoms with E-state index in [1.54, 1.807) is 6.07 Å². The second-order valence-electron chi connectivity index (χ2n) is 5.26. The summed E-state index contributed by atoms with van der Waals surface area (Å²) in [6.45, 7) is 3.29. The number of rotatable bonds is 5. The van der Waals surface area contributed by atoms with Gasteiger partial charge in [0.05, 0.1) is 0 Å². The maximum atomic E-state index is 12.1. The zero-order valence-electron chi connectivity index (χ0n) is 11.8. The van der Waals surface area contributed by atoms with Gasteiger partial charge in [0, 0.05) is 25.8 Å². The Labute approximate surface area is 124 Å². The minimum atomic E-state index is -3.49. The highest BCUT2D eigenvalue weighted by Crippen LogP contribution is 2.18. The third kappa shape index (κ3) is 4.23. The molecule has 0 radical (unpaired) electrons. The third-order valence-corrected chi connectivity index (χ3v) is 5.14. The predicted molar refractivity (Wildman–Crippen MR) is 76.9 cm³/mol. The summed E-state index contributed by atoms with van der Waals surface area (Å²) in [5.74, 6) is -0.547. The summed E-state index contributed by atoms with van der Waals surface area (Å²) in [7, 11) is -3.49. The van der Waals surface area contributed by atoms with Crippen LogP contribution in [0.2, 0.25) is 0 Å². The normalized spacial score (nSPS) is 17.8. The van der Waals surface area contributed by atoms with E-state index in [4.69, 9.17) is 5.11 Å². The lowest BCUT2D eigenvalue weighted by atomic mass is 10.0. The minimum absolute atomic E-state index is 0.0633. The lowest BCUT2D eigenvalue weighted by molar-refractivity contribution is 0.0690. The fraction of sp³-hybridized carbons (Fsp3) is 0.538. The molecule has 0 saturated carbocycles. The molecule has 2 rings (SSSR count). The monoisotopic (exact) mass is 313 g/mol. The highest BCUT2D eigenvalue weighted by Gasteiger charge is 2.25. The van der Waals surface area contributed by atoms with Gasteiger partial charge in [-0.3, -0.25) is 0 Å². The van der Waals surface area contributed by atoms with Gasteiger partial charge in [-0.1, -0.05) is 13.0 Å². The zero-order valence-corrected chi connectivity index (χ0v) is 12.6. The molecular weight excluding hydrogens is 294 g/mol. The van der Waals surface area contributed by atoms with E-state index in [1.807, 2.05) is 0 Å². The number of carboxylic acids is 1. The van der Waals surface area contributed by atoms with Gasteiger partial charge in [0.1, 0.15) is 5.69 Å². The number of aromatic nitrogens is 1. The number of hydrogen-bond acceptors (Lipinski definition) is 4. The average Bonchev–Trinajstić information content (AvgIpc) is 2.46. The number of pyridine rings is 1. The summed E-state index contributed by atoms with van der Waals surface area (Å²) in [5.41, 5.74) is 0.556. The first-order chi connectivity index (χ1) is 9.88. The van der Waals surface area contributed by atoms with Crippen LogP contribution in [0.3, 0.4) is 0 Å². The highest BCUT2D eigenvalue weighted by atomic mass is 32.2. The number of carbonyl (C=O) groups is 1. The first-order valence-electron chi connectivity index (χ1n) is 6.81. The molecule has 1 fully saturated rings. The van der Waals surface area contributed by atoms with Gasteiger partial charge in [-0.15, -0.1) is 0 Å². The van der Waals surface area contributed by atoms with Gasteiger partial charge in [0.25, 0.3) is 10.2 Å². The van der Waals surface area contributed by atoms with Crippen molar-refractivity contribution in [2.75, 3.05) is 13.1 Å². The molecule has 8 heteroatoms. The van der Waals surface area contributed by atoms with Gasteiger partial charge in [-0.2, -0.15) is 17.4 Å². The van der Waals surface area contributed by atoms with E-state index in [0.29, 0.717) is 24.6 Å². The van der Waals surface area contributed by atoms with Gasteiger partial charge >= 0.3 is 5.97 Å². The molecular formula is C13H19N3O4S. The number of carboxylic acid groups (broad SMARTS) is 1. The molecule has 1 saturated heterocycles. The van der Waals surface area contributed by atoms with Crippen molar-refractivity contribution in [2.24, 2.45) is 5.92 Å². The molecule has 21 heavy (non-hydrogen) atoms. The number of hydrogen-bond donors (Lipinski definition) is 2. The SMILES string of the molecule is CC1CCN(S(=O)(=O)NCc2ccc(C(=O)O)nc2)CC1. The van der Waals surface area contributed by atoms with Crippen LogP contribution in [-0.4, -0.2) is 41.9 Å².